The third-order valence-electron chi connectivity index (χ3n) is 1.52. The second kappa shape index (κ2) is 4.44. The van der Waals surface area contributed by atoms with Crippen LogP contribution in [0.25, 0.3) is 0 Å². The van der Waals surface area contributed by atoms with Gasteiger partial charge in [-0.3, -0.25) is 0 Å². The number of sulfonamides is 1. The van der Waals surface area contributed by atoms with Crippen molar-refractivity contribution >= 4 is 10.0 Å². The molecule has 1 rings (SSSR count). The Morgan fingerprint density at radius 1 is 1.38 bits per heavy atom. The molecule has 0 saturated carbocycles. The van der Waals surface area contributed by atoms with E-state index >= 15 is 0 Å². The Kier molecular flexibility index (Phi) is 3.61. The van der Waals surface area contributed by atoms with Gasteiger partial charge < -0.3 is 9.52 Å². The van der Waals surface area contributed by atoms with Crippen molar-refractivity contribution in [3.8, 4) is 0 Å². The first-order valence-corrected chi connectivity index (χ1v) is 5.49. The summed E-state index contributed by atoms with van der Waals surface area (Å²) in [6.07, 6.45) is -4.64. The molecular formula is C7H8F3NO4S. The summed E-state index contributed by atoms with van der Waals surface area (Å²) in [5, 5.41) is 7.92. The molecule has 0 amide bonds. The van der Waals surface area contributed by atoms with Crippen LogP contribution in [-0.4, -0.2) is 26.2 Å². The molecule has 0 aliphatic carbocycles. The average Bonchev–Trinajstić information content (AvgIpc) is 2.62. The van der Waals surface area contributed by atoms with E-state index in [0.717, 1.165) is 12.1 Å². The molecule has 16 heavy (non-hydrogen) atoms. The minimum Gasteiger partial charge on any atom is -0.446 e. The number of hydrogen-bond acceptors (Lipinski definition) is 4. The predicted molar refractivity (Wildman–Crippen MR) is 45.9 cm³/mol. The molecule has 0 bridgehead atoms. The van der Waals surface area contributed by atoms with Crippen molar-refractivity contribution in [1.82, 2.24) is 4.72 Å². The number of halogens is 3. The van der Waals surface area contributed by atoms with Crippen molar-refractivity contribution in [3.05, 3.63) is 17.9 Å². The van der Waals surface area contributed by atoms with Crippen molar-refractivity contribution < 1.29 is 31.1 Å². The Bertz CT molecular complexity index is 450. The first-order chi connectivity index (χ1) is 7.24. The highest BCUT2D eigenvalue weighted by molar-refractivity contribution is 7.89. The van der Waals surface area contributed by atoms with Gasteiger partial charge in [0.2, 0.25) is 5.09 Å². The fourth-order valence-electron chi connectivity index (χ4n) is 0.836. The highest BCUT2D eigenvalue weighted by Crippen LogP contribution is 2.17. The summed E-state index contributed by atoms with van der Waals surface area (Å²) < 4.78 is 63.7. The van der Waals surface area contributed by atoms with Gasteiger partial charge in [-0.15, -0.1) is 0 Å². The summed E-state index contributed by atoms with van der Waals surface area (Å²) in [6.45, 7) is -2.21. The molecule has 0 aliphatic heterocycles. The molecule has 0 aromatic carbocycles. The molecule has 0 aliphatic rings. The van der Waals surface area contributed by atoms with Crippen LogP contribution in [0.4, 0.5) is 13.2 Å². The summed E-state index contributed by atoms with van der Waals surface area (Å²) in [4.78, 5) is 0. The monoisotopic (exact) mass is 259 g/mol. The maximum atomic E-state index is 11.8. The Labute approximate surface area is 88.9 Å². The van der Waals surface area contributed by atoms with Crippen LogP contribution < -0.4 is 4.72 Å². The van der Waals surface area contributed by atoms with Gasteiger partial charge in [0, 0.05) is 0 Å². The van der Waals surface area contributed by atoms with Gasteiger partial charge in [-0.2, -0.15) is 17.9 Å². The van der Waals surface area contributed by atoms with Gasteiger partial charge in [0.15, 0.2) is 0 Å². The third-order valence-corrected chi connectivity index (χ3v) is 2.79. The molecule has 9 heteroatoms. The Hall–Kier alpha value is -1.06. The first-order valence-electron chi connectivity index (χ1n) is 4.00. The van der Waals surface area contributed by atoms with Crippen molar-refractivity contribution in [2.45, 2.75) is 17.9 Å². The van der Waals surface area contributed by atoms with E-state index in [0.29, 0.717) is 0 Å². The van der Waals surface area contributed by atoms with Crippen LogP contribution in [0, 0.1) is 0 Å². The Morgan fingerprint density at radius 2 is 2.00 bits per heavy atom. The zero-order valence-electron chi connectivity index (χ0n) is 7.78. The third kappa shape index (κ3) is 3.51. The van der Waals surface area contributed by atoms with Gasteiger partial charge in [-0.1, -0.05) is 0 Å². The molecule has 2 N–H and O–H groups in total. The minimum absolute atomic E-state index is 0.0487. The fourth-order valence-corrected chi connectivity index (χ4v) is 1.80. The topological polar surface area (TPSA) is 79.5 Å². The zero-order chi connectivity index (χ0) is 12.4. The molecule has 0 atom stereocenters. The molecule has 1 aromatic heterocycles. The lowest BCUT2D eigenvalue weighted by Gasteiger charge is -2.07. The van der Waals surface area contributed by atoms with E-state index in [1.54, 1.807) is 0 Å². The van der Waals surface area contributed by atoms with Crippen LogP contribution in [0.15, 0.2) is 21.6 Å². The van der Waals surface area contributed by atoms with E-state index in [-0.39, 0.29) is 5.76 Å². The van der Waals surface area contributed by atoms with Crippen LogP contribution in [0.5, 0.6) is 0 Å². The lowest BCUT2D eigenvalue weighted by Crippen LogP contribution is -2.33. The SMILES string of the molecule is O=S(=O)(NCC(F)(F)F)c1ccc(CO)o1. The lowest BCUT2D eigenvalue weighted by atomic mass is 10.5. The minimum atomic E-state index is -4.64. The molecule has 0 unspecified atom stereocenters. The maximum Gasteiger partial charge on any atom is 0.402 e. The second-order valence-corrected chi connectivity index (χ2v) is 4.52. The molecule has 1 heterocycles. The normalized spacial score (nSPS) is 13.0. The number of nitrogens with one attached hydrogen (secondary N) is 1. The molecule has 5 nitrogen and oxygen atoms in total. The molecule has 0 fully saturated rings. The largest absolute Gasteiger partial charge is 0.446 e. The molecular weight excluding hydrogens is 251 g/mol. The molecule has 0 saturated heterocycles. The smallest absolute Gasteiger partial charge is 0.402 e. The predicted octanol–water partition coefficient (Wildman–Crippen LogP) is 0.613. The van der Waals surface area contributed by atoms with Gasteiger partial charge in [-0.25, -0.2) is 8.42 Å². The molecule has 0 radical (unpaired) electrons. The first kappa shape index (κ1) is 13.0. The quantitative estimate of drug-likeness (QED) is 0.830. The van der Waals surface area contributed by atoms with Crippen molar-refractivity contribution in [2.75, 3.05) is 6.54 Å². The second-order valence-electron chi connectivity index (χ2n) is 2.82. The van der Waals surface area contributed by atoms with Gasteiger partial charge in [0.1, 0.15) is 18.9 Å². The van der Waals surface area contributed by atoms with E-state index in [9.17, 15) is 21.6 Å². The highest BCUT2D eigenvalue weighted by atomic mass is 32.2. The van der Waals surface area contributed by atoms with E-state index in [2.05, 4.69) is 4.42 Å². The lowest BCUT2D eigenvalue weighted by molar-refractivity contribution is -0.121. The van der Waals surface area contributed by atoms with Crippen molar-refractivity contribution in [1.29, 1.82) is 0 Å². The van der Waals surface area contributed by atoms with E-state index < -0.39 is 34.4 Å². The molecule has 92 valence electrons. The van der Waals surface area contributed by atoms with E-state index in [1.807, 2.05) is 0 Å². The van der Waals surface area contributed by atoms with Gasteiger partial charge in [0.05, 0.1) is 0 Å². The summed E-state index contributed by atoms with van der Waals surface area (Å²) in [5.74, 6) is -0.0487. The fraction of sp³-hybridized carbons (Fsp3) is 0.429. The van der Waals surface area contributed by atoms with Crippen molar-refractivity contribution in [3.63, 3.8) is 0 Å². The summed E-state index contributed by atoms with van der Waals surface area (Å²) in [5.41, 5.74) is 0. The van der Waals surface area contributed by atoms with Gasteiger partial charge >= 0.3 is 6.18 Å². The van der Waals surface area contributed by atoms with Crippen LogP contribution in [-0.2, 0) is 16.6 Å². The number of aliphatic hydroxyl groups is 1. The van der Waals surface area contributed by atoms with Crippen LogP contribution >= 0.6 is 0 Å². The summed E-state index contributed by atoms with van der Waals surface area (Å²) >= 11 is 0. The Balaban J connectivity index is 2.78. The summed E-state index contributed by atoms with van der Waals surface area (Å²) in [7, 11) is -4.33. The van der Waals surface area contributed by atoms with E-state index in [1.165, 1.54) is 4.72 Å². The molecule has 1 aromatic rings. The molecule has 0 spiro atoms. The number of hydrogen-bond donors (Lipinski definition) is 2. The van der Waals surface area contributed by atoms with Gasteiger partial charge in [0.25, 0.3) is 10.0 Å². The number of alkyl halides is 3. The average molecular weight is 259 g/mol. The number of rotatable bonds is 4. The van der Waals surface area contributed by atoms with Crippen LogP contribution in [0.3, 0.4) is 0 Å². The zero-order valence-corrected chi connectivity index (χ0v) is 8.60. The van der Waals surface area contributed by atoms with Crippen LogP contribution in [0.1, 0.15) is 5.76 Å². The maximum absolute atomic E-state index is 11.8. The van der Waals surface area contributed by atoms with Crippen LogP contribution in [0.2, 0.25) is 0 Å². The number of furan rings is 1. The number of aliphatic hydroxyl groups excluding tert-OH is 1. The highest BCUT2D eigenvalue weighted by Gasteiger charge is 2.31. The summed E-state index contributed by atoms with van der Waals surface area (Å²) in [6, 6.07) is 2.12. The standard InChI is InChI=1S/C7H8F3NO4S/c8-7(9,10)4-11-16(13,14)6-2-1-5(3-12)15-6/h1-2,11-12H,3-4H2. The van der Waals surface area contributed by atoms with Crippen molar-refractivity contribution in [2.24, 2.45) is 0 Å². The Morgan fingerprint density at radius 3 is 2.44 bits per heavy atom. The van der Waals surface area contributed by atoms with Gasteiger partial charge in [-0.05, 0) is 12.1 Å². The van der Waals surface area contributed by atoms with E-state index in [4.69, 9.17) is 5.11 Å².